The van der Waals surface area contributed by atoms with Gasteiger partial charge in [-0.25, -0.2) is 0 Å². The average molecular weight is 707 g/mol. The van der Waals surface area contributed by atoms with Gasteiger partial charge in [-0.1, -0.05) is 179 Å². The molecule has 0 aliphatic heterocycles. The summed E-state index contributed by atoms with van der Waals surface area (Å²) in [6.07, 6.45) is 21.1. The molecule has 0 saturated heterocycles. The Morgan fingerprint density at radius 3 is 1.45 bits per heavy atom. The fraction of sp³-hybridized carbons (Fsp3) is 0.127. The molecule has 8 aromatic rings. The molecule has 0 radical (unpaired) electrons. The maximum Gasteiger partial charge on any atom is 0.0342 e. The number of benzene rings is 8. The number of aryl methyl sites for hydroxylation is 2. The van der Waals surface area contributed by atoms with Crippen molar-refractivity contribution < 1.29 is 0 Å². The molecule has 3 aliphatic rings. The minimum Gasteiger partial charge on any atom is -0.0617 e. The van der Waals surface area contributed by atoms with Crippen LogP contribution in [0.2, 0.25) is 0 Å². The molecule has 1 atom stereocenters. The second-order valence-corrected chi connectivity index (χ2v) is 14.9. The van der Waals surface area contributed by atoms with E-state index in [0.29, 0.717) is 5.92 Å². The van der Waals surface area contributed by atoms with Crippen molar-refractivity contribution in [1.82, 2.24) is 0 Å². The van der Waals surface area contributed by atoms with E-state index in [1.165, 1.54) is 98.1 Å². The maximum absolute atomic E-state index is 2.35. The van der Waals surface area contributed by atoms with Crippen molar-refractivity contribution in [3.05, 3.63) is 215 Å². The van der Waals surface area contributed by atoms with Crippen LogP contribution in [0.1, 0.15) is 38.3 Å². The minimum atomic E-state index is 0.514. The van der Waals surface area contributed by atoms with Gasteiger partial charge in [0.05, 0.1) is 0 Å². The Balaban J connectivity index is 0.000000110. The van der Waals surface area contributed by atoms with E-state index in [2.05, 4.69) is 203 Å². The average Bonchev–Trinajstić information content (AvgIpc) is 3.25. The van der Waals surface area contributed by atoms with Crippen molar-refractivity contribution in [2.45, 2.75) is 40.0 Å². The number of allylic oxidation sites excluding steroid dienone is 12. The van der Waals surface area contributed by atoms with E-state index in [1.807, 2.05) is 0 Å². The Labute approximate surface area is 324 Å². The van der Waals surface area contributed by atoms with Crippen molar-refractivity contribution in [3.63, 3.8) is 0 Å². The van der Waals surface area contributed by atoms with E-state index in [-0.39, 0.29) is 0 Å². The number of hydrogen-bond acceptors (Lipinski definition) is 0. The van der Waals surface area contributed by atoms with Gasteiger partial charge < -0.3 is 0 Å². The Kier molecular flexibility index (Phi) is 9.34. The monoisotopic (exact) mass is 706 g/mol. The first-order valence-electron chi connectivity index (χ1n) is 20.0. The zero-order valence-corrected chi connectivity index (χ0v) is 32.0. The lowest BCUT2D eigenvalue weighted by Gasteiger charge is -2.31. The molecular weight excluding hydrogens is 661 g/mol. The van der Waals surface area contributed by atoms with Gasteiger partial charge in [-0.05, 0) is 142 Å². The molecule has 0 aromatic heterocycles. The number of hydrogen-bond donors (Lipinski definition) is 0. The minimum absolute atomic E-state index is 0.514. The molecule has 0 N–H and O–H groups in total. The molecule has 55 heavy (non-hydrogen) atoms. The van der Waals surface area contributed by atoms with Gasteiger partial charge >= 0.3 is 0 Å². The van der Waals surface area contributed by atoms with Crippen LogP contribution in [0.25, 0.3) is 64.6 Å². The lowest BCUT2D eigenvalue weighted by molar-refractivity contribution is 0.838. The summed E-state index contributed by atoms with van der Waals surface area (Å²) in [5, 5.41) is 16.1. The lowest BCUT2D eigenvalue weighted by Crippen LogP contribution is -2.17. The second-order valence-electron chi connectivity index (χ2n) is 14.9. The highest BCUT2D eigenvalue weighted by atomic mass is 14.3. The van der Waals surface area contributed by atoms with Crippen molar-refractivity contribution in [3.8, 4) is 0 Å². The SMILES string of the molecule is CCC1=CC=C2C=CC=C3C=CC=C1[C@H]32.CCc1ccc2c3ccccc3c3ccccc3c2c1.CCc1ccc2cc3cc4ccccc4cc3cc2c1. The maximum atomic E-state index is 2.35. The first-order chi connectivity index (χ1) is 27.1. The lowest BCUT2D eigenvalue weighted by atomic mass is 9.73. The van der Waals surface area contributed by atoms with E-state index < -0.39 is 0 Å². The predicted octanol–water partition coefficient (Wildman–Crippen LogP) is 15.3. The van der Waals surface area contributed by atoms with Gasteiger partial charge in [0.15, 0.2) is 0 Å². The summed E-state index contributed by atoms with van der Waals surface area (Å²) in [4.78, 5) is 0. The Morgan fingerprint density at radius 1 is 0.364 bits per heavy atom. The number of fused-ring (bicyclic) bond motifs is 9. The van der Waals surface area contributed by atoms with Crippen LogP contribution in [0.4, 0.5) is 0 Å². The molecule has 0 spiro atoms. The van der Waals surface area contributed by atoms with Gasteiger partial charge in [-0.3, -0.25) is 0 Å². The first kappa shape index (κ1) is 34.5. The van der Waals surface area contributed by atoms with Crippen LogP contribution in [0, 0.1) is 5.92 Å². The van der Waals surface area contributed by atoms with Crippen molar-refractivity contribution in [2.24, 2.45) is 5.92 Å². The first-order valence-corrected chi connectivity index (χ1v) is 20.0. The fourth-order valence-corrected chi connectivity index (χ4v) is 8.72. The predicted molar refractivity (Wildman–Crippen MR) is 241 cm³/mol. The normalized spacial score (nSPS) is 15.5. The zero-order valence-electron chi connectivity index (χ0n) is 32.0. The van der Waals surface area contributed by atoms with Gasteiger partial charge in [0.25, 0.3) is 0 Å². The smallest absolute Gasteiger partial charge is 0.0342 e. The van der Waals surface area contributed by atoms with Gasteiger partial charge in [0.2, 0.25) is 0 Å². The molecule has 0 saturated carbocycles. The molecule has 0 amide bonds. The standard InChI is InChI=1S/2C20H16.C15H14/c1-2-14-11-12-19-17-9-4-3-7-15(17)16-8-5-6-10-18(16)20(19)13-14;1-2-14-7-8-17-12-19-10-15-5-3-4-6-16(15)11-20(19)13-18(17)9-14;1-2-11-9-10-13-6-3-5-12-7-4-8-14(11)15(12)13/h2*3-13H,2H2,1H3;3-10,15H,2H2,1H3/t;;15-/m..1/s1. The van der Waals surface area contributed by atoms with Crippen LogP contribution in [0.3, 0.4) is 0 Å². The summed E-state index contributed by atoms with van der Waals surface area (Å²) < 4.78 is 0. The third-order valence-electron chi connectivity index (χ3n) is 11.7. The Bertz CT molecular complexity index is 2940. The van der Waals surface area contributed by atoms with E-state index in [9.17, 15) is 0 Å². The summed E-state index contributed by atoms with van der Waals surface area (Å²) in [6, 6.07) is 48.9. The third-order valence-corrected chi connectivity index (χ3v) is 11.7. The zero-order chi connectivity index (χ0) is 37.3. The van der Waals surface area contributed by atoms with Gasteiger partial charge in [-0.2, -0.15) is 0 Å². The van der Waals surface area contributed by atoms with Gasteiger partial charge in [-0.15, -0.1) is 0 Å². The van der Waals surface area contributed by atoms with Crippen LogP contribution in [0.5, 0.6) is 0 Å². The summed E-state index contributed by atoms with van der Waals surface area (Å²) in [6.45, 7) is 6.64. The van der Waals surface area contributed by atoms with Gasteiger partial charge in [0.1, 0.15) is 0 Å². The molecule has 8 aromatic carbocycles. The second kappa shape index (κ2) is 14.9. The highest BCUT2D eigenvalue weighted by Crippen LogP contribution is 2.42. The van der Waals surface area contributed by atoms with E-state index in [0.717, 1.165) is 19.3 Å². The van der Waals surface area contributed by atoms with Crippen LogP contribution in [-0.4, -0.2) is 0 Å². The largest absolute Gasteiger partial charge is 0.0617 e. The van der Waals surface area contributed by atoms with Crippen molar-refractivity contribution >= 4 is 64.6 Å². The summed E-state index contributed by atoms with van der Waals surface area (Å²) in [5.74, 6) is 0.514. The van der Waals surface area contributed by atoms with E-state index >= 15 is 0 Å². The van der Waals surface area contributed by atoms with Crippen molar-refractivity contribution in [2.75, 3.05) is 0 Å². The van der Waals surface area contributed by atoms with Crippen LogP contribution in [0.15, 0.2) is 204 Å². The summed E-state index contributed by atoms with van der Waals surface area (Å²) in [7, 11) is 0. The Morgan fingerprint density at radius 2 is 0.836 bits per heavy atom. The third kappa shape index (κ3) is 6.53. The van der Waals surface area contributed by atoms with Crippen LogP contribution >= 0.6 is 0 Å². The molecule has 0 heterocycles. The van der Waals surface area contributed by atoms with Crippen LogP contribution < -0.4 is 0 Å². The molecule has 266 valence electrons. The Hall–Kier alpha value is -6.24. The topological polar surface area (TPSA) is 0 Å². The van der Waals surface area contributed by atoms with Gasteiger partial charge in [0, 0.05) is 5.92 Å². The molecule has 0 heteroatoms. The fourth-order valence-electron chi connectivity index (χ4n) is 8.72. The quantitative estimate of drug-likeness (QED) is 0.127. The molecule has 0 bridgehead atoms. The number of rotatable bonds is 3. The molecule has 0 nitrogen and oxygen atoms in total. The van der Waals surface area contributed by atoms with Crippen molar-refractivity contribution in [1.29, 1.82) is 0 Å². The van der Waals surface area contributed by atoms with Crippen LogP contribution in [-0.2, 0) is 12.8 Å². The molecular formula is C55H46. The summed E-state index contributed by atoms with van der Waals surface area (Å²) in [5.41, 5.74) is 8.64. The molecule has 3 aliphatic carbocycles. The summed E-state index contributed by atoms with van der Waals surface area (Å²) >= 11 is 0. The highest BCUT2D eigenvalue weighted by molar-refractivity contribution is 6.25. The molecule has 0 unspecified atom stereocenters. The van der Waals surface area contributed by atoms with E-state index in [1.54, 1.807) is 0 Å². The highest BCUT2D eigenvalue weighted by Gasteiger charge is 2.27. The molecule has 0 fully saturated rings. The van der Waals surface area contributed by atoms with E-state index in [4.69, 9.17) is 0 Å². The molecule has 11 rings (SSSR count).